The van der Waals surface area contributed by atoms with E-state index in [1.54, 1.807) is 0 Å². The third-order valence-corrected chi connectivity index (χ3v) is 3.71. The van der Waals surface area contributed by atoms with Crippen LogP contribution < -0.4 is 0 Å². The number of hydrogen-bond donors (Lipinski definition) is 0. The summed E-state index contributed by atoms with van der Waals surface area (Å²) >= 11 is 0. The summed E-state index contributed by atoms with van der Waals surface area (Å²) in [5.74, 6) is 0.579. The third-order valence-electron chi connectivity index (χ3n) is 2.27. The highest BCUT2D eigenvalue weighted by Crippen LogP contribution is 2.15. The van der Waals surface area contributed by atoms with Crippen molar-refractivity contribution >= 4 is 9.84 Å². The molecule has 78 valence electrons. The average molecular weight is 204 g/mol. The van der Waals surface area contributed by atoms with E-state index >= 15 is 0 Å². The van der Waals surface area contributed by atoms with Crippen molar-refractivity contribution in [1.82, 2.24) is 0 Å². The summed E-state index contributed by atoms with van der Waals surface area (Å²) in [6, 6.07) is 0. The van der Waals surface area contributed by atoms with Crippen LogP contribution in [0, 0.1) is 5.92 Å². The van der Waals surface area contributed by atoms with Gasteiger partial charge in [-0.3, -0.25) is 0 Å². The molecule has 0 aliphatic rings. The normalized spacial score (nSPS) is 14.0. The van der Waals surface area contributed by atoms with E-state index in [9.17, 15) is 8.42 Å². The van der Waals surface area contributed by atoms with Crippen LogP contribution in [0.1, 0.15) is 39.5 Å². The highest BCUT2D eigenvalue weighted by molar-refractivity contribution is 7.94. The molecule has 0 spiro atoms. The zero-order valence-electron chi connectivity index (χ0n) is 8.62. The lowest BCUT2D eigenvalue weighted by atomic mass is 10.0. The summed E-state index contributed by atoms with van der Waals surface area (Å²) in [6.07, 6.45) is 4.20. The van der Waals surface area contributed by atoms with Crippen LogP contribution in [0.5, 0.6) is 0 Å². The Balaban J connectivity index is 4.05. The summed E-state index contributed by atoms with van der Waals surface area (Å²) < 4.78 is 22.4. The molecule has 3 heteroatoms. The molecular formula is C10H20O2S. The van der Waals surface area contributed by atoms with Gasteiger partial charge in [-0.15, -0.1) is 0 Å². The van der Waals surface area contributed by atoms with Gasteiger partial charge >= 0.3 is 0 Å². The van der Waals surface area contributed by atoms with Gasteiger partial charge in [-0.1, -0.05) is 39.7 Å². The molecule has 0 saturated carbocycles. The molecule has 0 aromatic carbocycles. The monoisotopic (exact) mass is 204 g/mol. The maximum atomic E-state index is 11.2. The SMILES string of the molecule is C=CS(=O)(=O)C[C@H](CC)CCCC. The van der Waals surface area contributed by atoms with Gasteiger partial charge < -0.3 is 0 Å². The van der Waals surface area contributed by atoms with Crippen LogP contribution >= 0.6 is 0 Å². The Bertz CT molecular complexity index is 229. The first-order valence-electron chi connectivity index (χ1n) is 4.90. The van der Waals surface area contributed by atoms with Crippen molar-refractivity contribution in [3.63, 3.8) is 0 Å². The second kappa shape index (κ2) is 6.19. The van der Waals surface area contributed by atoms with Crippen LogP contribution in [0.4, 0.5) is 0 Å². The molecule has 2 nitrogen and oxygen atoms in total. The Morgan fingerprint density at radius 1 is 1.38 bits per heavy atom. The number of hydrogen-bond acceptors (Lipinski definition) is 2. The lowest BCUT2D eigenvalue weighted by molar-refractivity contribution is 0.486. The van der Waals surface area contributed by atoms with E-state index in [1.165, 1.54) is 0 Å². The minimum Gasteiger partial charge on any atom is -0.224 e. The Labute approximate surface area is 82.0 Å². The highest BCUT2D eigenvalue weighted by Gasteiger charge is 2.13. The fourth-order valence-corrected chi connectivity index (χ4v) is 2.49. The molecule has 0 aromatic heterocycles. The minimum atomic E-state index is -3.00. The summed E-state index contributed by atoms with van der Waals surface area (Å²) in [5, 5.41) is 1.07. The van der Waals surface area contributed by atoms with Gasteiger partial charge in [0.15, 0.2) is 9.84 Å². The topological polar surface area (TPSA) is 34.1 Å². The van der Waals surface area contributed by atoms with Gasteiger partial charge in [-0.25, -0.2) is 8.42 Å². The molecule has 0 fully saturated rings. The zero-order chi connectivity index (χ0) is 10.3. The van der Waals surface area contributed by atoms with E-state index in [4.69, 9.17) is 0 Å². The fraction of sp³-hybridized carbons (Fsp3) is 0.800. The van der Waals surface area contributed by atoms with Crippen LogP contribution in [0.15, 0.2) is 12.0 Å². The predicted molar refractivity (Wildman–Crippen MR) is 57.3 cm³/mol. The molecule has 0 aromatic rings. The Hall–Kier alpha value is -0.310. The van der Waals surface area contributed by atoms with Crippen LogP contribution in [0.2, 0.25) is 0 Å². The fourth-order valence-electron chi connectivity index (χ4n) is 1.29. The standard InChI is InChI=1S/C10H20O2S/c1-4-7-8-10(5-2)9-13(11,12)6-3/h6,10H,3-5,7-9H2,1-2H3/t10-/m1/s1. The van der Waals surface area contributed by atoms with Gasteiger partial charge in [0.25, 0.3) is 0 Å². The summed E-state index contributed by atoms with van der Waals surface area (Å²) in [6.45, 7) is 7.47. The molecule has 0 heterocycles. The largest absolute Gasteiger partial charge is 0.224 e. The van der Waals surface area contributed by atoms with Crippen LogP contribution in [0.25, 0.3) is 0 Å². The Morgan fingerprint density at radius 2 is 2.00 bits per heavy atom. The molecule has 0 amide bonds. The molecule has 0 unspecified atom stereocenters. The van der Waals surface area contributed by atoms with Crippen LogP contribution in [-0.2, 0) is 9.84 Å². The Kier molecular flexibility index (Phi) is 6.04. The first-order chi connectivity index (χ1) is 6.05. The van der Waals surface area contributed by atoms with Gasteiger partial charge in [-0.05, 0) is 12.3 Å². The zero-order valence-corrected chi connectivity index (χ0v) is 9.44. The highest BCUT2D eigenvalue weighted by atomic mass is 32.2. The van der Waals surface area contributed by atoms with Crippen molar-refractivity contribution < 1.29 is 8.42 Å². The number of unbranched alkanes of at least 4 members (excludes halogenated alkanes) is 1. The van der Waals surface area contributed by atoms with E-state index in [0.29, 0.717) is 5.92 Å². The lowest BCUT2D eigenvalue weighted by Gasteiger charge is -2.12. The van der Waals surface area contributed by atoms with Crippen molar-refractivity contribution in [3.8, 4) is 0 Å². The van der Waals surface area contributed by atoms with Crippen molar-refractivity contribution in [1.29, 1.82) is 0 Å². The first kappa shape index (κ1) is 12.7. The number of rotatable bonds is 7. The van der Waals surface area contributed by atoms with Crippen molar-refractivity contribution in [2.75, 3.05) is 5.75 Å². The molecule has 0 aliphatic heterocycles. The van der Waals surface area contributed by atoms with Crippen molar-refractivity contribution in [2.24, 2.45) is 5.92 Å². The van der Waals surface area contributed by atoms with Gasteiger partial charge in [0.1, 0.15) is 0 Å². The first-order valence-corrected chi connectivity index (χ1v) is 6.62. The molecule has 0 rings (SSSR count). The maximum absolute atomic E-state index is 11.2. The number of sulfone groups is 1. The van der Waals surface area contributed by atoms with Gasteiger partial charge in [-0.2, -0.15) is 0 Å². The van der Waals surface area contributed by atoms with E-state index in [2.05, 4.69) is 13.5 Å². The lowest BCUT2D eigenvalue weighted by Crippen LogP contribution is -2.13. The second-order valence-electron chi connectivity index (χ2n) is 3.41. The maximum Gasteiger partial charge on any atom is 0.171 e. The van der Waals surface area contributed by atoms with Gasteiger partial charge in [0, 0.05) is 5.41 Å². The molecular weight excluding hydrogens is 184 g/mol. The van der Waals surface area contributed by atoms with Gasteiger partial charge in [0.2, 0.25) is 0 Å². The molecule has 0 aliphatic carbocycles. The molecule has 1 atom stereocenters. The molecule has 0 saturated heterocycles. The molecule has 0 radical (unpaired) electrons. The predicted octanol–water partition coefficient (Wildman–Crippen LogP) is 2.76. The van der Waals surface area contributed by atoms with Crippen LogP contribution in [0.3, 0.4) is 0 Å². The third kappa shape index (κ3) is 5.86. The van der Waals surface area contributed by atoms with E-state index in [0.717, 1.165) is 31.1 Å². The summed E-state index contributed by atoms with van der Waals surface area (Å²) in [4.78, 5) is 0. The van der Waals surface area contributed by atoms with E-state index in [1.807, 2.05) is 6.92 Å². The smallest absolute Gasteiger partial charge is 0.171 e. The molecule has 0 bridgehead atoms. The quantitative estimate of drug-likeness (QED) is 0.639. The van der Waals surface area contributed by atoms with Crippen LogP contribution in [-0.4, -0.2) is 14.2 Å². The second-order valence-corrected chi connectivity index (χ2v) is 5.41. The molecule has 0 N–H and O–H groups in total. The van der Waals surface area contributed by atoms with Crippen molar-refractivity contribution in [3.05, 3.63) is 12.0 Å². The summed E-state index contributed by atoms with van der Waals surface area (Å²) in [7, 11) is -3.00. The van der Waals surface area contributed by atoms with E-state index < -0.39 is 9.84 Å². The van der Waals surface area contributed by atoms with Crippen molar-refractivity contribution in [2.45, 2.75) is 39.5 Å². The summed E-state index contributed by atoms with van der Waals surface area (Å²) in [5.41, 5.74) is 0. The molecule has 13 heavy (non-hydrogen) atoms. The minimum absolute atomic E-state index is 0.271. The van der Waals surface area contributed by atoms with Gasteiger partial charge in [0.05, 0.1) is 5.75 Å². The average Bonchev–Trinajstić information content (AvgIpc) is 2.12. The van der Waals surface area contributed by atoms with E-state index in [-0.39, 0.29) is 5.75 Å². The Morgan fingerprint density at radius 3 is 2.38 bits per heavy atom.